The number of hydroxylamine groups is 2. The molecule has 0 spiro atoms. The molecule has 0 radical (unpaired) electrons. The van der Waals surface area contributed by atoms with E-state index in [0.717, 1.165) is 11.1 Å². The summed E-state index contributed by atoms with van der Waals surface area (Å²) < 4.78 is 10.4. The molecule has 1 aliphatic rings. The smallest absolute Gasteiger partial charge is 0.245 e. The molecule has 0 saturated heterocycles. The molecule has 1 aliphatic heterocycles. The molecule has 38 heavy (non-hydrogen) atoms. The Hall–Kier alpha value is -3.28. The van der Waals surface area contributed by atoms with Crippen LogP contribution in [0.2, 0.25) is 0 Å². The largest absolute Gasteiger partial charge is 0.410 e. The summed E-state index contributed by atoms with van der Waals surface area (Å²) >= 11 is 0. The number of nitrogens with zero attached hydrogens (tertiary/aromatic N) is 1. The third kappa shape index (κ3) is 9.55. The van der Waals surface area contributed by atoms with E-state index >= 15 is 0 Å². The maximum Gasteiger partial charge on any atom is 0.245 e. The van der Waals surface area contributed by atoms with E-state index in [1.807, 2.05) is 38.1 Å². The van der Waals surface area contributed by atoms with Crippen molar-refractivity contribution in [1.82, 2.24) is 21.0 Å². The average molecular weight is 533 g/mol. The first-order valence-electron chi connectivity index (χ1n) is 12.7. The Bertz CT molecular complexity index is 996. The van der Waals surface area contributed by atoms with Gasteiger partial charge in [-0.1, -0.05) is 29.8 Å². The molecule has 0 aromatic heterocycles. The molecule has 2 rings (SSSR count). The van der Waals surface area contributed by atoms with Gasteiger partial charge in [-0.3, -0.25) is 19.2 Å². The van der Waals surface area contributed by atoms with Crippen LogP contribution in [0.5, 0.6) is 0 Å². The predicted molar refractivity (Wildman–Crippen MR) is 141 cm³/mol. The highest BCUT2D eigenvalue weighted by molar-refractivity contribution is 5.95. The van der Waals surface area contributed by atoms with Crippen molar-refractivity contribution in [3.63, 3.8) is 0 Å². The molecule has 4 atom stereocenters. The molecule has 1 aromatic rings. The van der Waals surface area contributed by atoms with Crippen molar-refractivity contribution in [3.8, 4) is 0 Å². The third-order valence-corrected chi connectivity index (χ3v) is 6.02. The van der Waals surface area contributed by atoms with Crippen molar-refractivity contribution in [2.75, 3.05) is 34.0 Å². The first-order valence-corrected chi connectivity index (χ1v) is 12.7. The van der Waals surface area contributed by atoms with E-state index < -0.39 is 41.9 Å². The van der Waals surface area contributed by atoms with Crippen molar-refractivity contribution < 1.29 is 33.5 Å². The molecular formula is C27H40N4O7. The van der Waals surface area contributed by atoms with Gasteiger partial charge in [-0.2, -0.15) is 0 Å². The number of Topliss-reactive ketones (excluding diaryl/α,β-unsaturated/α-hetero) is 1. The van der Waals surface area contributed by atoms with Gasteiger partial charge in [-0.05, 0) is 45.8 Å². The number of hydrogen-bond donors (Lipinski definition) is 3. The number of benzene rings is 1. The maximum absolute atomic E-state index is 13.0. The summed E-state index contributed by atoms with van der Waals surface area (Å²) in [4.78, 5) is 56.9. The summed E-state index contributed by atoms with van der Waals surface area (Å²) in [5.74, 6) is -1.16. The number of ketones is 1. The molecule has 0 aliphatic carbocycles. The summed E-state index contributed by atoms with van der Waals surface area (Å²) in [5, 5.41) is 9.39. The van der Waals surface area contributed by atoms with Gasteiger partial charge < -0.3 is 30.3 Å². The number of aryl methyl sites for hydroxylation is 1. The number of nitrogens with one attached hydrogen (secondary N) is 3. The van der Waals surface area contributed by atoms with Crippen molar-refractivity contribution in [2.24, 2.45) is 0 Å². The summed E-state index contributed by atoms with van der Waals surface area (Å²) in [7, 11) is 3.01. The minimum atomic E-state index is -1.04. The van der Waals surface area contributed by atoms with Gasteiger partial charge in [0.05, 0.1) is 19.3 Å². The molecule has 1 heterocycles. The van der Waals surface area contributed by atoms with Crippen molar-refractivity contribution in [3.05, 3.63) is 47.2 Å². The highest BCUT2D eigenvalue weighted by atomic mass is 16.7. The zero-order chi connectivity index (χ0) is 28.2. The van der Waals surface area contributed by atoms with Crippen LogP contribution in [-0.4, -0.2) is 86.7 Å². The van der Waals surface area contributed by atoms with E-state index in [-0.39, 0.29) is 25.4 Å². The quantitative estimate of drug-likeness (QED) is 0.283. The summed E-state index contributed by atoms with van der Waals surface area (Å²) in [6.07, 6.45) is 2.09. The van der Waals surface area contributed by atoms with Gasteiger partial charge in [-0.15, -0.1) is 5.06 Å². The van der Waals surface area contributed by atoms with Crippen LogP contribution in [-0.2, 0) is 39.9 Å². The first kappa shape index (κ1) is 30.9. The van der Waals surface area contributed by atoms with Crippen LogP contribution in [0.15, 0.2) is 36.1 Å². The second kappa shape index (κ2) is 15.2. The van der Waals surface area contributed by atoms with Crippen LogP contribution in [0, 0.1) is 6.92 Å². The summed E-state index contributed by atoms with van der Waals surface area (Å²) in [6, 6.07) is 4.21. The summed E-state index contributed by atoms with van der Waals surface area (Å²) in [6.45, 7) is 7.70. The third-order valence-electron chi connectivity index (χ3n) is 6.02. The van der Waals surface area contributed by atoms with E-state index in [9.17, 15) is 19.2 Å². The number of carbonyl (C=O) groups is 4. The molecule has 11 heteroatoms. The van der Waals surface area contributed by atoms with Gasteiger partial charge in [-0.25, -0.2) is 0 Å². The van der Waals surface area contributed by atoms with Gasteiger partial charge in [0.15, 0.2) is 5.78 Å². The zero-order valence-corrected chi connectivity index (χ0v) is 23.0. The molecule has 3 amide bonds. The average Bonchev–Trinajstić information content (AvgIpc) is 3.22. The fourth-order valence-corrected chi connectivity index (χ4v) is 3.86. The molecule has 3 N–H and O–H groups in total. The van der Waals surface area contributed by atoms with Crippen LogP contribution in [0.3, 0.4) is 0 Å². The van der Waals surface area contributed by atoms with E-state index in [1.165, 1.54) is 19.1 Å². The fraction of sp³-hybridized carbons (Fsp3) is 0.556. The van der Waals surface area contributed by atoms with Crippen LogP contribution in [0.1, 0.15) is 38.3 Å². The normalized spacial score (nSPS) is 17.5. The standard InChI is InChI=1S/C27H40N4O7/c1-7-37-13-12-24(32)21(15-20-10-8-17(2)9-11-20)29-25(33)19(4)28-26(34)22(16-36-6)30-27(35)23-14-18(3)38-31(23)5/h8-11,14,19,21-23H,7,12-13,15-16H2,1-6H3,(H,28,34)(H,29,33)(H,30,35)/t19-,21?,22?,23?/m0/s1. The SMILES string of the molecule is CCOCCC(=O)C(Cc1ccc(C)cc1)NC(=O)[C@H](C)NC(=O)C(COC)NC(=O)C1C=C(C)ON1C. The Labute approximate surface area is 224 Å². The number of ether oxygens (including phenoxy) is 2. The second-order valence-corrected chi connectivity index (χ2v) is 9.27. The lowest BCUT2D eigenvalue weighted by atomic mass is 9.99. The number of methoxy groups -OCH3 is 1. The van der Waals surface area contributed by atoms with E-state index in [4.69, 9.17) is 14.3 Å². The van der Waals surface area contributed by atoms with Crippen LogP contribution >= 0.6 is 0 Å². The maximum atomic E-state index is 13.0. The van der Waals surface area contributed by atoms with Gasteiger partial charge >= 0.3 is 0 Å². The van der Waals surface area contributed by atoms with E-state index in [0.29, 0.717) is 18.8 Å². The lowest BCUT2D eigenvalue weighted by Gasteiger charge is -2.24. The van der Waals surface area contributed by atoms with Crippen molar-refractivity contribution >= 4 is 23.5 Å². The van der Waals surface area contributed by atoms with E-state index in [1.54, 1.807) is 20.0 Å². The molecule has 0 saturated carbocycles. The molecule has 11 nitrogen and oxygen atoms in total. The zero-order valence-electron chi connectivity index (χ0n) is 23.0. The molecule has 210 valence electrons. The Morgan fingerprint density at radius 1 is 1.03 bits per heavy atom. The topological polar surface area (TPSA) is 135 Å². The van der Waals surface area contributed by atoms with Crippen molar-refractivity contribution in [1.29, 1.82) is 0 Å². The van der Waals surface area contributed by atoms with Gasteiger partial charge in [0.25, 0.3) is 0 Å². The predicted octanol–water partition coefficient (Wildman–Crippen LogP) is 0.803. The molecule has 0 bridgehead atoms. The minimum absolute atomic E-state index is 0.0993. The Morgan fingerprint density at radius 3 is 2.29 bits per heavy atom. The lowest BCUT2D eigenvalue weighted by Crippen LogP contribution is -2.57. The van der Waals surface area contributed by atoms with Crippen molar-refractivity contribution in [2.45, 2.75) is 64.7 Å². The van der Waals surface area contributed by atoms with Crippen LogP contribution in [0.4, 0.5) is 0 Å². The Balaban J connectivity index is 2.03. The van der Waals surface area contributed by atoms with Crippen LogP contribution in [0.25, 0.3) is 0 Å². The monoisotopic (exact) mass is 532 g/mol. The number of allylic oxidation sites excluding steroid dienone is 1. The number of carbonyl (C=O) groups excluding carboxylic acids is 4. The number of rotatable bonds is 15. The molecule has 0 fully saturated rings. The van der Waals surface area contributed by atoms with Gasteiger partial charge in [0.1, 0.15) is 23.9 Å². The molecule has 1 aromatic carbocycles. The van der Waals surface area contributed by atoms with Crippen LogP contribution < -0.4 is 16.0 Å². The van der Waals surface area contributed by atoms with E-state index in [2.05, 4.69) is 16.0 Å². The molecule has 3 unspecified atom stereocenters. The fourth-order valence-electron chi connectivity index (χ4n) is 3.86. The Kier molecular flexibility index (Phi) is 12.4. The summed E-state index contributed by atoms with van der Waals surface area (Å²) in [5.41, 5.74) is 1.99. The lowest BCUT2D eigenvalue weighted by molar-refractivity contribution is -0.143. The first-order chi connectivity index (χ1) is 18.0. The second-order valence-electron chi connectivity index (χ2n) is 9.27. The highest BCUT2D eigenvalue weighted by Gasteiger charge is 2.32. The number of hydrogen-bond acceptors (Lipinski definition) is 8. The number of amides is 3. The highest BCUT2D eigenvalue weighted by Crippen LogP contribution is 2.15. The van der Waals surface area contributed by atoms with Gasteiger partial charge in [0, 0.05) is 27.2 Å². The van der Waals surface area contributed by atoms with Gasteiger partial charge in [0.2, 0.25) is 17.7 Å². The minimum Gasteiger partial charge on any atom is -0.410 e. The number of likely N-dealkylation sites (N-methyl/N-ethyl adjacent to an activating group) is 1. The Morgan fingerprint density at radius 2 is 1.71 bits per heavy atom. The molecular weight excluding hydrogens is 492 g/mol.